The van der Waals surface area contributed by atoms with E-state index >= 15 is 0 Å². The molecule has 1 aliphatic rings. The van der Waals surface area contributed by atoms with Gasteiger partial charge in [-0.3, -0.25) is 0 Å². The van der Waals surface area contributed by atoms with E-state index in [4.69, 9.17) is 4.74 Å². The molecule has 2 heterocycles. The average molecular weight is 236 g/mol. The zero-order valence-electron chi connectivity index (χ0n) is 10.3. The normalized spacial score (nSPS) is 19.2. The molecule has 0 radical (unpaired) electrons. The van der Waals surface area contributed by atoms with Crippen molar-refractivity contribution in [1.29, 1.82) is 0 Å². The standard InChI is InChI=1S/C12H20N4O/c1-2-5-13-12-14-6-3-11(16-12)15-8-10-4-7-17-9-10/h3,6,10H,2,4-5,7-9H2,1H3,(H2,13,14,15,16). The first-order chi connectivity index (χ1) is 8.38. The van der Waals surface area contributed by atoms with Crippen LogP contribution in [0.25, 0.3) is 0 Å². The predicted octanol–water partition coefficient (Wildman–Crippen LogP) is 1.75. The van der Waals surface area contributed by atoms with Crippen LogP contribution in [0.3, 0.4) is 0 Å². The van der Waals surface area contributed by atoms with Crippen LogP contribution in [0, 0.1) is 5.92 Å². The second-order valence-corrected chi connectivity index (χ2v) is 4.30. The molecule has 2 rings (SSSR count). The lowest BCUT2D eigenvalue weighted by Gasteiger charge is -2.10. The van der Waals surface area contributed by atoms with Gasteiger partial charge in [-0.25, -0.2) is 4.98 Å². The van der Waals surface area contributed by atoms with E-state index in [1.54, 1.807) is 6.20 Å². The van der Waals surface area contributed by atoms with Crippen molar-refractivity contribution >= 4 is 11.8 Å². The Labute approximate surface area is 102 Å². The smallest absolute Gasteiger partial charge is 0.224 e. The first kappa shape index (κ1) is 12.1. The Balaban J connectivity index is 1.82. The maximum atomic E-state index is 5.34. The molecular formula is C12H20N4O. The average Bonchev–Trinajstić information content (AvgIpc) is 2.87. The summed E-state index contributed by atoms with van der Waals surface area (Å²) in [6, 6.07) is 1.90. The largest absolute Gasteiger partial charge is 0.381 e. The molecule has 0 spiro atoms. The van der Waals surface area contributed by atoms with Crippen LogP contribution in [0.5, 0.6) is 0 Å². The summed E-state index contributed by atoms with van der Waals surface area (Å²) in [4.78, 5) is 8.57. The van der Waals surface area contributed by atoms with Crippen molar-refractivity contribution in [3.8, 4) is 0 Å². The van der Waals surface area contributed by atoms with E-state index in [0.29, 0.717) is 11.9 Å². The summed E-state index contributed by atoms with van der Waals surface area (Å²) in [6.45, 7) is 5.69. The number of nitrogens with one attached hydrogen (secondary N) is 2. The van der Waals surface area contributed by atoms with E-state index in [1.807, 2.05) is 6.07 Å². The first-order valence-electron chi connectivity index (χ1n) is 6.27. The third-order valence-electron chi connectivity index (χ3n) is 2.78. The van der Waals surface area contributed by atoms with Crippen molar-refractivity contribution in [1.82, 2.24) is 9.97 Å². The van der Waals surface area contributed by atoms with Crippen molar-refractivity contribution in [2.75, 3.05) is 36.9 Å². The van der Waals surface area contributed by atoms with Crippen LogP contribution < -0.4 is 10.6 Å². The molecule has 1 aromatic rings. The van der Waals surface area contributed by atoms with Crippen molar-refractivity contribution < 1.29 is 4.74 Å². The highest BCUT2D eigenvalue weighted by atomic mass is 16.5. The van der Waals surface area contributed by atoms with Crippen molar-refractivity contribution in [3.05, 3.63) is 12.3 Å². The quantitative estimate of drug-likeness (QED) is 0.788. The Hall–Kier alpha value is -1.36. The number of rotatable bonds is 6. The molecule has 0 amide bonds. The van der Waals surface area contributed by atoms with Crippen molar-refractivity contribution in [3.63, 3.8) is 0 Å². The van der Waals surface area contributed by atoms with E-state index in [-0.39, 0.29) is 0 Å². The highest BCUT2D eigenvalue weighted by Gasteiger charge is 2.15. The Morgan fingerprint density at radius 2 is 2.41 bits per heavy atom. The molecule has 0 saturated carbocycles. The van der Waals surface area contributed by atoms with E-state index in [9.17, 15) is 0 Å². The van der Waals surface area contributed by atoms with Gasteiger partial charge in [0.15, 0.2) is 0 Å². The van der Waals surface area contributed by atoms with Gasteiger partial charge >= 0.3 is 0 Å². The fourth-order valence-electron chi connectivity index (χ4n) is 1.77. The van der Waals surface area contributed by atoms with Gasteiger partial charge in [-0.15, -0.1) is 0 Å². The molecule has 2 N–H and O–H groups in total. The number of anilines is 2. The van der Waals surface area contributed by atoms with Crippen LogP contribution in [0.1, 0.15) is 19.8 Å². The highest BCUT2D eigenvalue weighted by molar-refractivity contribution is 5.39. The number of ether oxygens (including phenoxy) is 1. The molecule has 1 aromatic heterocycles. The molecular weight excluding hydrogens is 216 g/mol. The molecule has 1 fully saturated rings. The number of hydrogen-bond donors (Lipinski definition) is 2. The SMILES string of the molecule is CCCNc1nccc(NCC2CCOC2)n1. The second kappa shape index (κ2) is 6.39. The molecule has 1 saturated heterocycles. The van der Waals surface area contributed by atoms with Gasteiger partial charge in [-0.1, -0.05) is 6.92 Å². The summed E-state index contributed by atoms with van der Waals surface area (Å²) >= 11 is 0. The van der Waals surface area contributed by atoms with E-state index < -0.39 is 0 Å². The maximum Gasteiger partial charge on any atom is 0.224 e. The van der Waals surface area contributed by atoms with Gasteiger partial charge in [0.2, 0.25) is 5.95 Å². The summed E-state index contributed by atoms with van der Waals surface area (Å²) in [5.41, 5.74) is 0. The van der Waals surface area contributed by atoms with E-state index in [0.717, 1.165) is 45.0 Å². The summed E-state index contributed by atoms with van der Waals surface area (Å²) in [7, 11) is 0. The van der Waals surface area contributed by atoms with Gasteiger partial charge in [0.25, 0.3) is 0 Å². The minimum Gasteiger partial charge on any atom is -0.381 e. The minimum absolute atomic E-state index is 0.608. The van der Waals surface area contributed by atoms with Gasteiger partial charge in [0, 0.05) is 31.8 Å². The molecule has 5 heteroatoms. The number of nitrogens with zero attached hydrogens (tertiary/aromatic N) is 2. The summed E-state index contributed by atoms with van der Waals surface area (Å²) in [5.74, 6) is 2.18. The monoisotopic (exact) mass is 236 g/mol. The highest BCUT2D eigenvalue weighted by Crippen LogP contribution is 2.13. The lowest BCUT2D eigenvalue weighted by Crippen LogP contribution is -2.15. The molecule has 0 aliphatic carbocycles. The molecule has 1 atom stereocenters. The minimum atomic E-state index is 0.608. The lowest BCUT2D eigenvalue weighted by atomic mass is 10.1. The number of hydrogen-bond acceptors (Lipinski definition) is 5. The molecule has 0 aromatic carbocycles. The zero-order chi connectivity index (χ0) is 11.9. The van der Waals surface area contributed by atoms with Gasteiger partial charge in [0.1, 0.15) is 5.82 Å². The Morgan fingerprint density at radius 1 is 1.47 bits per heavy atom. The molecule has 17 heavy (non-hydrogen) atoms. The van der Waals surface area contributed by atoms with Gasteiger partial charge in [-0.2, -0.15) is 4.98 Å². The number of aromatic nitrogens is 2. The molecule has 1 aliphatic heterocycles. The Bertz CT molecular complexity index is 339. The lowest BCUT2D eigenvalue weighted by molar-refractivity contribution is 0.187. The zero-order valence-corrected chi connectivity index (χ0v) is 10.3. The summed E-state index contributed by atoms with van der Waals surface area (Å²) < 4.78 is 5.34. The van der Waals surface area contributed by atoms with Gasteiger partial charge in [-0.05, 0) is 18.9 Å². The third-order valence-corrected chi connectivity index (χ3v) is 2.78. The van der Waals surface area contributed by atoms with Crippen LogP contribution in [0.15, 0.2) is 12.3 Å². The molecule has 5 nitrogen and oxygen atoms in total. The van der Waals surface area contributed by atoms with Gasteiger partial charge in [0.05, 0.1) is 6.61 Å². The maximum absolute atomic E-state index is 5.34. The van der Waals surface area contributed by atoms with Crippen LogP contribution >= 0.6 is 0 Å². The van der Waals surface area contributed by atoms with Crippen molar-refractivity contribution in [2.24, 2.45) is 5.92 Å². The van der Waals surface area contributed by atoms with Crippen LogP contribution in [-0.4, -0.2) is 36.3 Å². The molecule has 94 valence electrons. The topological polar surface area (TPSA) is 59.1 Å². The summed E-state index contributed by atoms with van der Waals surface area (Å²) in [6.07, 6.45) is 3.98. The third kappa shape index (κ3) is 3.85. The Morgan fingerprint density at radius 3 is 3.18 bits per heavy atom. The van der Waals surface area contributed by atoms with E-state index in [1.165, 1.54) is 0 Å². The van der Waals surface area contributed by atoms with Crippen LogP contribution in [0.2, 0.25) is 0 Å². The van der Waals surface area contributed by atoms with Crippen molar-refractivity contribution in [2.45, 2.75) is 19.8 Å². The molecule has 1 unspecified atom stereocenters. The predicted molar refractivity (Wildman–Crippen MR) is 68.2 cm³/mol. The van der Waals surface area contributed by atoms with Crippen LogP contribution in [-0.2, 0) is 4.74 Å². The first-order valence-corrected chi connectivity index (χ1v) is 6.27. The van der Waals surface area contributed by atoms with E-state index in [2.05, 4.69) is 27.5 Å². The molecule has 0 bridgehead atoms. The second-order valence-electron chi connectivity index (χ2n) is 4.30. The van der Waals surface area contributed by atoms with Crippen LogP contribution in [0.4, 0.5) is 11.8 Å². The summed E-state index contributed by atoms with van der Waals surface area (Å²) in [5, 5.41) is 6.51. The van der Waals surface area contributed by atoms with Gasteiger partial charge < -0.3 is 15.4 Å². The Kier molecular flexibility index (Phi) is 4.55. The fourth-order valence-corrected chi connectivity index (χ4v) is 1.77. The fraction of sp³-hybridized carbons (Fsp3) is 0.667.